The van der Waals surface area contributed by atoms with E-state index in [-0.39, 0.29) is 5.75 Å². The van der Waals surface area contributed by atoms with Crippen molar-refractivity contribution in [3.8, 4) is 5.75 Å². The fourth-order valence-corrected chi connectivity index (χ4v) is 3.21. The molecule has 2 rings (SSSR count). The van der Waals surface area contributed by atoms with Gasteiger partial charge >= 0.3 is 0 Å². The van der Waals surface area contributed by atoms with Gasteiger partial charge in [0.2, 0.25) is 0 Å². The number of hydrogen-bond acceptors (Lipinski definition) is 2. The molecular weight excluding hydrogens is 224 g/mol. The van der Waals surface area contributed by atoms with Crippen LogP contribution in [0.1, 0.15) is 51.5 Å². The lowest BCUT2D eigenvalue weighted by Crippen LogP contribution is -2.35. The first-order valence-corrected chi connectivity index (χ1v) is 7.06. The van der Waals surface area contributed by atoms with Gasteiger partial charge in [0.15, 0.2) is 0 Å². The van der Waals surface area contributed by atoms with Gasteiger partial charge in [-0.15, -0.1) is 0 Å². The molecule has 2 heteroatoms. The van der Waals surface area contributed by atoms with Gasteiger partial charge in [-0.05, 0) is 49.3 Å². The Morgan fingerprint density at radius 2 is 1.89 bits per heavy atom. The molecule has 0 amide bonds. The van der Waals surface area contributed by atoms with Gasteiger partial charge < -0.3 is 10.2 Å². The third-order valence-corrected chi connectivity index (χ3v) is 4.61. The average Bonchev–Trinajstić information content (AvgIpc) is 2.39. The number of aromatic hydroxyl groups is 1. The summed E-state index contributed by atoms with van der Waals surface area (Å²) in [6.07, 6.45) is 5.95. The minimum Gasteiger partial charge on any atom is -0.508 e. The Labute approximate surface area is 110 Å². The molecular formula is C16H24O2. The van der Waals surface area contributed by atoms with Crippen molar-refractivity contribution in [3.63, 3.8) is 0 Å². The number of aliphatic hydroxyl groups is 1. The van der Waals surface area contributed by atoms with Gasteiger partial charge in [-0.2, -0.15) is 0 Å². The van der Waals surface area contributed by atoms with Crippen molar-refractivity contribution in [2.24, 2.45) is 11.8 Å². The van der Waals surface area contributed by atoms with Crippen molar-refractivity contribution in [2.75, 3.05) is 0 Å². The van der Waals surface area contributed by atoms with Crippen molar-refractivity contribution in [1.82, 2.24) is 0 Å². The number of phenols is 1. The number of rotatable bonds is 3. The second-order valence-electron chi connectivity index (χ2n) is 5.83. The van der Waals surface area contributed by atoms with Crippen LogP contribution in [0.15, 0.2) is 24.3 Å². The third-order valence-electron chi connectivity index (χ3n) is 4.61. The van der Waals surface area contributed by atoms with Crippen LogP contribution in [-0.2, 0) is 5.60 Å². The number of phenolic OH excluding ortho intramolecular Hbond substituents is 1. The van der Waals surface area contributed by atoms with Gasteiger partial charge in [0.1, 0.15) is 5.75 Å². The Morgan fingerprint density at radius 1 is 1.22 bits per heavy atom. The van der Waals surface area contributed by atoms with Crippen LogP contribution in [0.5, 0.6) is 5.75 Å². The van der Waals surface area contributed by atoms with E-state index < -0.39 is 5.60 Å². The van der Waals surface area contributed by atoms with Crippen LogP contribution in [0, 0.1) is 11.8 Å². The normalized spacial score (nSPS) is 27.7. The maximum atomic E-state index is 10.8. The topological polar surface area (TPSA) is 40.5 Å². The third kappa shape index (κ3) is 2.69. The van der Waals surface area contributed by atoms with Crippen LogP contribution in [0.4, 0.5) is 0 Å². The van der Waals surface area contributed by atoms with Crippen LogP contribution in [0.3, 0.4) is 0 Å². The van der Waals surface area contributed by atoms with E-state index in [0.29, 0.717) is 5.92 Å². The lowest BCUT2D eigenvalue weighted by Gasteiger charge is -2.39. The molecule has 0 heterocycles. The molecule has 0 bridgehead atoms. The molecule has 2 N–H and O–H groups in total. The summed E-state index contributed by atoms with van der Waals surface area (Å²) in [6.45, 7) is 4.16. The minimum atomic E-state index is -0.776. The summed E-state index contributed by atoms with van der Waals surface area (Å²) in [5.41, 5.74) is 0.142. The molecule has 1 aromatic rings. The highest BCUT2D eigenvalue weighted by Gasteiger charge is 2.36. The summed E-state index contributed by atoms with van der Waals surface area (Å²) >= 11 is 0. The SMILES string of the molecule is CCC1CCCC(C(C)(O)c2ccc(O)cc2)C1. The van der Waals surface area contributed by atoms with Crippen molar-refractivity contribution in [3.05, 3.63) is 29.8 Å². The molecule has 1 saturated carbocycles. The fourth-order valence-electron chi connectivity index (χ4n) is 3.21. The Morgan fingerprint density at radius 3 is 2.50 bits per heavy atom. The van der Waals surface area contributed by atoms with Crippen molar-refractivity contribution in [1.29, 1.82) is 0 Å². The van der Waals surface area contributed by atoms with Crippen LogP contribution in [-0.4, -0.2) is 10.2 Å². The lowest BCUT2D eigenvalue weighted by molar-refractivity contribution is -0.0312. The molecule has 0 aliphatic heterocycles. The van der Waals surface area contributed by atoms with E-state index in [4.69, 9.17) is 0 Å². The van der Waals surface area contributed by atoms with Crippen LogP contribution in [0.2, 0.25) is 0 Å². The van der Waals surface area contributed by atoms with Gasteiger partial charge in [0.25, 0.3) is 0 Å². The van der Waals surface area contributed by atoms with Crippen LogP contribution >= 0.6 is 0 Å². The summed E-state index contributed by atoms with van der Waals surface area (Å²) in [7, 11) is 0. The average molecular weight is 248 g/mol. The van der Waals surface area contributed by atoms with E-state index in [1.165, 1.54) is 19.3 Å². The molecule has 18 heavy (non-hydrogen) atoms. The Bertz CT molecular complexity index is 381. The molecule has 3 atom stereocenters. The van der Waals surface area contributed by atoms with Gasteiger partial charge in [-0.25, -0.2) is 0 Å². The number of hydrogen-bond donors (Lipinski definition) is 2. The largest absolute Gasteiger partial charge is 0.508 e. The highest BCUT2D eigenvalue weighted by Crippen LogP contribution is 2.42. The molecule has 0 radical (unpaired) electrons. The molecule has 1 aliphatic carbocycles. The van der Waals surface area contributed by atoms with Gasteiger partial charge in [0.05, 0.1) is 5.60 Å². The summed E-state index contributed by atoms with van der Waals surface area (Å²) < 4.78 is 0. The predicted molar refractivity (Wildman–Crippen MR) is 73.4 cm³/mol. The highest BCUT2D eigenvalue weighted by molar-refractivity contribution is 5.30. The van der Waals surface area contributed by atoms with E-state index in [2.05, 4.69) is 6.92 Å². The monoisotopic (exact) mass is 248 g/mol. The van der Waals surface area contributed by atoms with Gasteiger partial charge in [-0.1, -0.05) is 38.3 Å². The zero-order valence-corrected chi connectivity index (χ0v) is 11.4. The van der Waals surface area contributed by atoms with Crippen LogP contribution in [0.25, 0.3) is 0 Å². The molecule has 0 spiro atoms. The van der Waals surface area contributed by atoms with E-state index in [1.54, 1.807) is 12.1 Å². The first kappa shape index (κ1) is 13.4. The molecule has 2 nitrogen and oxygen atoms in total. The zero-order valence-electron chi connectivity index (χ0n) is 11.4. The lowest BCUT2D eigenvalue weighted by atomic mass is 9.70. The second-order valence-corrected chi connectivity index (χ2v) is 5.83. The van der Waals surface area contributed by atoms with Crippen molar-refractivity contribution in [2.45, 2.75) is 51.6 Å². The predicted octanol–water partition coefficient (Wildman–Crippen LogP) is 3.82. The van der Waals surface area contributed by atoms with Crippen molar-refractivity contribution < 1.29 is 10.2 Å². The first-order valence-electron chi connectivity index (χ1n) is 7.06. The van der Waals surface area contributed by atoms with E-state index in [0.717, 1.165) is 24.3 Å². The van der Waals surface area contributed by atoms with E-state index >= 15 is 0 Å². The molecule has 3 unspecified atom stereocenters. The van der Waals surface area contributed by atoms with Crippen LogP contribution < -0.4 is 0 Å². The second kappa shape index (κ2) is 5.31. The number of benzene rings is 1. The smallest absolute Gasteiger partial charge is 0.115 e. The Kier molecular flexibility index (Phi) is 3.96. The summed E-state index contributed by atoms with van der Waals surface area (Å²) in [5, 5.41) is 20.2. The van der Waals surface area contributed by atoms with Crippen molar-refractivity contribution >= 4 is 0 Å². The quantitative estimate of drug-likeness (QED) is 0.853. The summed E-state index contributed by atoms with van der Waals surface area (Å²) in [4.78, 5) is 0. The van der Waals surface area contributed by atoms with Gasteiger partial charge in [-0.3, -0.25) is 0 Å². The molecule has 0 aromatic heterocycles. The molecule has 1 aromatic carbocycles. The molecule has 0 saturated heterocycles. The fraction of sp³-hybridized carbons (Fsp3) is 0.625. The molecule has 1 aliphatic rings. The molecule has 1 fully saturated rings. The van der Waals surface area contributed by atoms with E-state index in [1.807, 2.05) is 19.1 Å². The zero-order chi connectivity index (χ0) is 13.2. The first-order chi connectivity index (χ1) is 8.54. The minimum absolute atomic E-state index is 0.254. The highest BCUT2D eigenvalue weighted by atomic mass is 16.3. The summed E-state index contributed by atoms with van der Waals surface area (Å²) in [6, 6.07) is 6.99. The standard InChI is InChI=1S/C16H24O2/c1-3-12-5-4-6-14(11-12)16(2,18)13-7-9-15(17)10-8-13/h7-10,12,14,17-18H,3-6,11H2,1-2H3. The Balaban J connectivity index is 2.16. The summed E-state index contributed by atoms with van der Waals surface area (Å²) in [5.74, 6) is 1.35. The maximum Gasteiger partial charge on any atom is 0.115 e. The van der Waals surface area contributed by atoms with Gasteiger partial charge in [0, 0.05) is 0 Å². The molecule has 100 valence electrons. The van der Waals surface area contributed by atoms with E-state index in [9.17, 15) is 10.2 Å². The maximum absolute atomic E-state index is 10.8. The Hall–Kier alpha value is -1.02.